The van der Waals surface area contributed by atoms with Gasteiger partial charge in [0, 0.05) is 5.02 Å². The van der Waals surface area contributed by atoms with Gasteiger partial charge in [-0.25, -0.2) is 9.37 Å². The van der Waals surface area contributed by atoms with E-state index >= 15 is 0 Å². The first kappa shape index (κ1) is 14.0. The normalized spacial score (nSPS) is 10.3. The number of carbonyl (C=O) groups excluding carboxylic acids is 1. The molecule has 1 aromatic carbocycles. The van der Waals surface area contributed by atoms with Crippen molar-refractivity contribution in [3.8, 4) is 0 Å². The Morgan fingerprint density at radius 3 is 2.79 bits per heavy atom. The molecule has 1 aromatic heterocycles. The number of pyridine rings is 1. The monoisotopic (exact) mass is 342 g/mol. The van der Waals surface area contributed by atoms with Crippen molar-refractivity contribution < 1.29 is 9.18 Å². The minimum atomic E-state index is -0.621. The zero-order valence-corrected chi connectivity index (χ0v) is 12.2. The molecule has 1 amide bonds. The van der Waals surface area contributed by atoms with E-state index in [1.165, 1.54) is 12.1 Å². The van der Waals surface area contributed by atoms with Crippen molar-refractivity contribution in [3.05, 3.63) is 57.0 Å². The van der Waals surface area contributed by atoms with Gasteiger partial charge in [0.2, 0.25) is 0 Å². The van der Waals surface area contributed by atoms with E-state index in [1.54, 1.807) is 19.1 Å². The number of aromatic nitrogens is 1. The molecule has 0 aliphatic rings. The van der Waals surface area contributed by atoms with E-state index in [1.807, 2.05) is 0 Å². The highest BCUT2D eigenvalue weighted by Crippen LogP contribution is 2.19. The van der Waals surface area contributed by atoms with Gasteiger partial charge in [-0.1, -0.05) is 11.6 Å². The lowest BCUT2D eigenvalue weighted by Gasteiger charge is -2.08. The third kappa shape index (κ3) is 3.30. The number of hydrogen-bond donors (Lipinski definition) is 1. The third-order valence-corrected chi connectivity index (χ3v) is 3.15. The quantitative estimate of drug-likeness (QED) is 0.831. The summed E-state index contributed by atoms with van der Waals surface area (Å²) in [6.45, 7) is 1.74. The molecule has 98 valence electrons. The molecular weight excluding hydrogens is 335 g/mol. The van der Waals surface area contributed by atoms with E-state index in [2.05, 4.69) is 26.2 Å². The van der Waals surface area contributed by atoms with Crippen LogP contribution in [0.15, 0.2) is 34.9 Å². The molecule has 3 nitrogen and oxygen atoms in total. The van der Waals surface area contributed by atoms with Crippen LogP contribution in [0.2, 0.25) is 5.02 Å². The Balaban J connectivity index is 2.28. The lowest BCUT2D eigenvalue weighted by molar-refractivity contribution is 0.102. The molecule has 19 heavy (non-hydrogen) atoms. The number of nitrogens with one attached hydrogen (secondary N) is 1. The van der Waals surface area contributed by atoms with Crippen LogP contribution in [0.3, 0.4) is 0 Å². The summed E-state index contributed by atoms with van der Waals surface area (Å²) in [7, 11) is 0. The number of amides is 1. The third-order valence-electron chi connectivity index (χ3n) is 2.47. The van der Waals surface area contributed by atoms with Crippen molar-refractivity contribution in [1.82, 2.24) is 4.98 Å². The van der Waals surface area contributed by atoms with Crippen LogP contribution in [-0.2, 0) is 0 Å². The van der Waals surface area contributed by atoms with Crippen molar-refractivity contribution in [2.75, 3.05) is 5.32 Å². The van der Waals surface area contributed by atoms with Gasteiger partial charge in [-0.3, -0.25) is 4.79 Å². The van der Waals surface area contributed by atoms with Crippen molar-refractivity contribution in [3.63, 3.8) is 0 Å². The molecular formula is C13H9BrClFN2O. The zero-order chi connectivity index (χ0) is 14.0. The summed E-state index contributed by atoms with van der Waals surface area (Å²) in [6, 6.07) is 7.21. The Kier molecular flexibility index (Phi) is 4.17. The Morgan fingerprint density at radius 2 is 2.11 bits per heavy atom. The van der Waals surface area contributed by atoms with E-state index in [0.29, 0.717) is 21.0 Å². The van der Waals surface area contributed by atoms with E-state index in [-0.39, 0.29) is 5.56 Å². The minimum Gasteiger partial charge on any atom is -0.320 e. The van der Waals surface area contributed by atoms with Gasteiger partial charge >= 0.3 is 0 Å². The fraction of sp³-hybridized carbons (Fsp3) is 0.0769. The number of rotatable bonds is 2. The maximum absolute atomic E-state index is 13.5. The van der Waals surface area contributed by atoms with Crippen molar-refractivity contribution in [1.29, 1.82) is 0 Å². The molecule has 0 unspecified atom stereocenters. The number of benzene rings is 1. The predicted molar refractivity (Wildman–Crippen MR) is 76.0 cm³/mol. The summed E-state index contributed by atoms with van der Waals surface area (Å²) in [5, 5.41) is 2.90. The Morgan fingerprint density at radius 1 is 1.37 bits per heavy atom. The maximum atomic E-state index is 13.5. The summed E-state index contributed by atoms with van der Waals surface area (Å²) in [6.07, 6.45) is 0. The molecule has 2 aromatic rings. The first-order valence-corrected chi connectivity index (χ1v) is 6.54. The lowest BCUT2D eigenvalue weighted by Crippen LogP contribution is -2.15. The Bertz CT molecular complexity index is 649. The molecule has 2 rings (SSSR count). The highest BCUT2D eigenvalue weighted by Gasteiger charge is 2.13. The average Bonchev–Trinajstić information content (AvgIpc) is 2.35. The predicted octanol–water partition coefficient (Wildman–Crippen LogP) is 4.20. The molecule has 0 atom stereocenters. The van der Waals surface area contributed by atoms with Gasteiger partial charge in [-0.15, -0.1) is 0 Å². The fourth-order valence-corrected chi connectivity index (χ4v) is 2.09. The highest BCUT2D eigenvalue weighted by molar-refractivity contribution is 9.10. The number of hydrogen-bond acceptors (Lipinski definition) is 2. The van der Waals surface area contributed by atoms with Crippen molar-refractivity contribution in [2.45, 2.75) is 6.92 Å². The molecule has 6 heteroatoms. The SMILES string of the molecule is Cc1nc(Br)ccc1NC(=O)c1cc(Cl)ccc1F. The van der Waals surface area contributed by atoms with Crippen LogP contribution in [-0.4, -0.2) is 10.9 Å². The van der Waals surface area contributed by atoms with Crippen LogP contribution in [0.25, 0.3) is 0 Å². The van der Waals surface area contributed by atoms with Gasteiger partial charge in [0.1, 0.15) is 10.4 Å². The molecule has 0 saturated carbocycles. The highest BCUT2D eigenvalue weighted by atomic mass is 79.9. The topological polar surface area (TPSA) is 42.0 Å². The van der Waals surface area contributed by atoms with Gasteiger partial charge in [0.05, 0.1) is 16.9 Å². The smallest absolute Gasteiger partial charge is 0.258 e. The van der Waals surface area contributed by atoms with E-state index in [0.717, 1.165) is 6.07 Å². The summed E-state index contributed by atoms with van der Waals surface area (Å²) in [5.74, 6) is -1.18. The molecule has 0 bridgehead atoms. The molecule has 0 spiro atoms. The fourth-order valence-electron chi connectivity index (χ4n) is 1.52. The van der Waals surface area contributed by atoms with E-state index in [9.17, 15) is 9.18 Å². The van der Waals surface area contributed by atoms with Crippen LogP contribution in [0, 0.1) is 12.7 Å². The van der Waals surface area contributed by atoms with E-state index in [4.69, 9.17) is 11.6 Å². The maximum Gasteiger partial charge on any atom is 0.258 e. The first-order chi connectivity index (χ1) is 8.97. The average molecular weight is 344 g/mol. The summed E-state index contributed by atoms with van der Waals surface area (Å²) in [5.41, 5.74) is 1.05. The van der Waals surface area contributed by atoms with Crippen molar-refractivity contribution in [2.24, 2.45) is 0 Å². The lowest BCUT2D eigenvalue weighted by atomic mass is 10.2. The Hall–Kier alpha value is -1.46. The van der Waals surface area contributed by atoms with Gasteiger partial charge in [-0.2, -0.15) is 0 Å². The van der Waals surface area contributed by atoms with Crippen LogP contribution in [0.5, 0.6) is 0 Å². The van der Waals surface area contributed by atoms with Gasteiger partial charge in [-0.05, 0) is 53.2 Å². The standard InChI is InChI=1S/C13H9BrClFN2O/c1-7-11(4-5-12(14)17-7)18-13(19)9-6-8(15)2-3-10(9)16/h2-6H,1H3,(H,18,19). The second-order valence-corrected chi connectivity index (χ2v) is 5.09. The summed E-state index contributed by atoms with van der Waals surface area (Å²) in [4.78, 5) is 16.1. The van der Waals surface area contributed by atoms with Gasteiger partial charge in [0.15, 0.2) is 0 Å². The number of anilines is 1. The molecule has 0 saturated heterocycles. The van der Waals surface area contributed by atoms with Crippen LogP contribution in [0.4, 0.5) is 10.1 Å². The second kappa shape index (κ2) is 5.67. The molecule has 1 heterocycles. The van der Waals surface area contributed by atoms with Crippen LogP contribution < -0.4 is 5.32 Å². The molecule has 0 aliphatic carbocycles. The van der Waals surface area contributed by atoms with Gasteiger partial charge < -0.3 is 5.32 Å². The second-order valence-electron chi connectivity index (χ2n) is 3.85. The number of halogens is 3. The summed E-state index contributed by atoms with van der Waals surface area (Å²) >= 11 is 8.98. The molecule has 0 radical (unpaired) electrons. The first-order valence-electron chi connectivity index (χ1n) is 5.37. The number of nitrogens with zero attached hydrogens (tertiary/aromatic N) is 1. The molecule has 0 fully saturated rings. The van der Waals surface area contributed by atoms with Crippen LogP contribution in [0.1, 0.15) is 16.1 Å². The summed E-state index contributed by atoms with van der Waals surface area (Å²) < 4.78 is 14.2. The number of aryl methyl sites for hydroxylation is 1. The van der Waals surface area contributed by atoms with Gasteiger partial charge in [0.25, 0.3) is 5.91 Å². The van der Waals surface area contributed by atoms with Crippen LogP contribution >= 0.6 is 27.5 Å². The van der Waals surface area contributed by atoms with E-state index < -0.39 is 11.7 Å². The largest absolute Gasteiger partial charge is 0.320 e. The molecule has 1 N–H and O–H groups in total. The zero-order valence-electron chi connectivity index (χ0n) is 9.88. The minimum absolute atomic E-state index is 0.102. The van der Waals surface area contributed by atoms with Crippen molar-refractivity contribution >= 4 is 39.1 Å². The molecule has 0 aliphatic heterocycles. The number of carbonyl (C=O) groups is 1. The Labute approximate surface area is 122 Å².